The quantitative estimate of drug-likeness (QED) is 0.336. The minimum atomic E-state index is 0.926. The predicted molar refractivity (Wildman–Crippen MR) is 104 cm³/mol. The summed E-state index contributed by atoms with van der Waals surface area (Å²) >= 11 is 3.51. The second-order valence-electron chi connectivity index (χ2n) is 5.59. The van der Waals surface area contributed by atoms with Crippen LogP contribution in [0, 0.1) is 6.92 Å². The van der Waals surface area contributed by atoms with Crippen LogP contribution in [0.25, 0.3) is 20.7 Å². The Balaban J connectivity index is 1.66. The van der Waals surface area contributed by atoms with Gasteiger partial charge in [0.1, 0.15) is 16.2 Å². The fourth-order valence-electron chi connectivity index (χ4n) is 2.61. The van der Waals surface area contributed by atoms with Crippen molar-refractivity contribution in [3.8, 4) is 10.4 Å². The third-order valence-electron chi connectivity index (χ3n) is 3.98. The molecule has 0 atom stereocenters. The van der Waals surface area contributed by atoms with Gasteiger partial charge in [-0.05, 0) is 29.7 Å². The lowest BCUT2D eigenvalue weighted by Crippen LogP contribution is -1.88. The molecule has 2 aromatic carbocycles. The highest BCUT2D eigenvalue weighted by molar-refractivity contribution is 7.98. The van der Waals surface area contributed by atoms with E-state index in [1.165, 1.54) is 21.6 Å². The molecule has 4 heteroatoms. The van der Waals surface area contributed by atoms with Gasteiger partial charge in [0.05, 0.1) is 0 Å². The second kappa shape index (κ2) is 6.75. The van der Waals surface area contributed by atoms with Gasteiger partial charge in [0.15, 0.2) is 0 Å². The second-order valence-corrected chi connectivity index (χ2v) is 7.58. The molecule has 0 saturated heterocycles. The summed E-state index contributed by atoms with van der Waals surface area (Å²) in [6.45, 7) is 2.16. The van der Waals surface area contributed by atoms with E-state index in [2.05, 4.69) is 71.5 Å². The van der Waals surface area contributed by atoms with E-state index in [0.29, 0.717) is 0 Å². The Morgan fingerprint density at radius 2 is 1.75 bits per heavy atom. The number of rotatable bonds is 4. The molecule has 0 aliphatic rings. The maximum Gasteiger partial charge on any atom is 0.128 e. The summed E-state index contributed by atoms with van der Waals surface area (Å²) in [7, 11) is 0. The van der Waals surface area contributed by atoms with Gasteiger partial charge in [-0.1, -0.05) is 54.6 Å². The molecule has 4 rings (SSSR count). The lowest BCUT2D eigenvalue weighted by Gasteiger charge is -2.05. The summed E-state index contributed by atoms with van der Waals surface area (Å²) < 4.78 is 0. The van der Waals surface area contributed by atoms with Crippen LogP contribution in [0.4, 0.5) is 0 Å². The third-order valence-corrected chi connectivity index (χ3v) is 6.12. The van der Waals surface area contributed by atoms with Gasteiger partial charge in [0, 0.05) is 16.0 Å². The maximum absolute atomic E-state index is 4.52. The van der Waals surface area contributed by atoms with E-state index in [0.717, 1.165) is 21.0 Å². The topological polar surface area (TPSA) is 25.8 Å². The number of aromatic nitrogens is 2. The summed E-state index contributed by atoms with van der Waals surface area (Å²) in [6, 6.07) is 21.2. The molecular formula is C20H16N2S2. The number of thiophene rings is 1. The van der Waals surface area contributed by atoms with Gasteiger partial charge in [-0.3, -0.25) is 0 Å². The fourth-order valence-corrected chi connectivity index (χ4v) is 4.73. The molecule has 118 valence electrons. The van der Waals surface area contributed by atoms with Gasteiger partial charge in [-0.15, -0.1) is 23.1 Å². The lowest BCUT2D eigenvalue weighted by molar-refractivity contribution is 1.11. The Hall–Kier alpha value is -2.17. The molecule has 0 radical (unpaired) electrons. The maximum atomic E-state index is 4.52. The number of hydrogen-bond donors (Lipinski definition) is 0. The monoisotopic (exact) mass is 348 g/mol. The molecule has 0 spiro atoms. The van der Waals surface area contributed by atoms with Gasteiger partial charge in [0.25, 0.3) is 0 Å². The van der Waals surface area contributed by atoms with E-state index < -0.39 is 0 Å². The molecular weight excluding hydrogens is 332 g/mol. The number of benzene rings is 2. The molecule has 4 aromatic rings. The zero-order chi connectivity index (χ0) is 16.4. The predicted octanol–water partition coefficient (Wildman–Crippen LogP) is 5.96. The average Bonchev–Trinajstić information content (AvgIpc) is 3.07. The largest absolute Gasteiger partial charge is 0.229 e. The van der Waals surface area contributed by atoms with Crippen molar-refractivity contribution in [3.05, 3.63) is 78.1 Å². The number of thioether (sulfide) groups is 1. The summed E-state index contributed by atoms with van der Waals surface area (Å²) in [5.74, 6) is 0.926. The summed E-state index contributed by atoms with van der Waals surface area (Å²) in [5, 5.41) is 2.21. The van der Waals surface area contributed by atoms with Crippen LogP contribution in [0.15, 0.2) is 72.0 Å². The molecule has 0 aliphatic heterocycles. The van der Waals surface area contributed by atoms with Gasteiger partial charge in [-0.25, -0.2) is 9.97 Å². The Bertz CT molecular complexity index is 977. The molecule has 0 N–H and O–H groups in total. The van der Waals surface area contributed by atoms with Gasteiger partial charge in [-0.2, -0.15) is 0 Å². The van der Waals surface area contributed by atoms with Crippen LogP contribution in [-0.4, -0.2) is 9.97 Å². The summed E-state index contributed by atoms with van der Waals surface area (Å²) in [6.07, 6.45) is 1.67. The SMILES string of the molecule is Cc1ccccc1CSc1ncnc2sc(-c3ccccc3)cc12. The zero-order valence-electron chi connectivity index (χ0n) is 13.3. The first-order chi connectivity index (χ1) is 11.8. The van der Waals surface area contributed by atoms with Crippen molar-refractivity contribution in [2.24, 2.45) is 0 Å². The van der Waals surface area contributed by atoms with E-state index in [1.54, 1.807) is 29.4 Å². The lowest BCUT2D eigenvalue weighted by atomic mass is 10.1. The number of nitrogens with zero attached hydrogens (tertiary/aromatic N) is 2. The Labute approximate surface area is 149 Å². The normalized spacial score (nSPS) is 11.0. The first-order valence-electron chi connectivity index (χ1n) is 7.78. The van der Waals surface area contributed by atoms with Gasteiger partial charge in [0.2, 0.25) is 0 Å². The average molecular weight is 348 g/mol. The van der Waals surface area contributed by atoms with Crippen LogP contribution < -0.4 is 0 Å². The number of hydrogen-bond acceptors (Lipinski definition) is 4. The summed E-state index contributed by atoms with van der Waals surface area (Å²) in [5.41, 5.74) is 3.91. The van der Waals surface area contributed by atoms with Crippen LogP contribution >= 0.6 is 23.1 Å². The molecule has 0 aliphatic carbocycles. The molecule has 0 unspecified atom stereocenters. The van der Waals surface area contributed by atoms with E-state index in [1.807, 2.05) is 6.07 Å². The van der Waals surface area contributed by atoms with Crippen LogP contribution in [0.3, 0.4) is 0 Å². The Morgan fingerprint density at radius 3 is 2.58 bits per heavy atom. The zero-order valence-corrected chi connectivity index (χ0v) is 14.9. The minimum absolute atomic E-state index is 0.926. The highest BCUT2D eigenvalue weighted by Crippen LogP contribution is 2.37. The Kier molecular flexibility index (Phi) is 4.32. The van der Waals surface area contributed by atoms with E-state index in [9.17, 15) is 0 Å². The van der Waals surface area contributed by atoms with Crippen molar-refractivity contribution < 1.29 is 0 Å². The van der Waals surface area contributed by atoms with E-state index in [4.69, 9.17) is 0 Å². The van der Waals surface area contributed by atoms with Crippen LogP contribution in [0.1, 0.15) is 11.1 Å². The van der Waals surface area contributed by atoms with Gasteiger partial charge < -0.3 is 0 Å². The van der Waals surface area contributed by atoms with E-state index >= 15 is 0 Å². The smallest absolute Gasteiger partial charge is 0.128 e. The molecule has 0 amide bonds. The van der Waals surface area contributed by atoms with Crippen LogP contribution in [0.2, 0.25) is 0 Å². The summed E-state index contributed by atoms with van der Waals surface area (Å²) in [4.78, 5) is 11.3. The fraction of sp³-hybridized carbons (Fsp3) is 0.100. The van der Waals surface area contributed by atoms with Crippen molar-refractivity contribution in [2.75, 3.05) is 0 Å². The molecule has 24 heavy (non-hydrogen) atoms. The van der Waals surface area contributed by atoms with Crippen LogP contribution in [0.5, 0.6) is 0 Å². The molecule has 2 heterocycles. The molecule has 0 fully saturated rings. The molecule has 2 aromatic heterocycles. The highest BCUT2D eigenvalue weighted by atomic mass is 32.2. The Morgan fingerprint density at radius 1 is 0.958 bits per heavy atom. The third kappa shape index (κ3) is 3.07. The van der Waals surface area contributed by atoms with E-state index in [-0.39, 0.29) is 0 Å². The number of fused-ring (bicyclic) bond motifs is 1. The van der Waals surface area contributed by atoms with Crippen molar-refractivity contribution in [3.63, 3.8) is 0 Å². The first kappa shape index (κ1) is 15.4. The highest BCUT2D eigenvalue weighted by Gasteiger charge is 2.11. The molecule has 0 saturated carbocycles. The standard InChI is InChI=1S/C20H16N2S2/c1-14-7-5-6-10-16(14)12-23-19-17-11-18(15-8-3-2-4-9-15)24-20(17)22-13-21-19/h2-11,13H,12H2,1H3. The number of aryl methyl sites for hydroxylation is 1. The first-order valence-corrected chi connectivity index (χ1v) is 9.59. The van der Waals surface area contributed by atoms with Crippen molar-refractivity contribution >= 4 is 33.3 Å². The van der Waals surface area contributed by atoms with Crippen molar-refractivity contribution in [1.82, 2.24) is 9.97 Å². The molecule has 2 nitrogen and oxygen atoms in total. The van der Waals surface area contributed by atoms with Crippen LogP contribution in [-0.2, 0) is 5.75 Å². The van der Waals surface area contributed by atoms with Crippen molar-refractivity contribution in [1.29, 1.82) is 0 Å². The van der Waals surface area contributed by atoms with Gasteiger partial charge >= 0.3 is 0 Å². The van der Waals surface area contributed by atoms with Crippen molar-refractivity contribution in [2.45, 2.75) is 17.7 Å². The molecule has 0 bridgehead atoms. The minimum Gasteiger partial charge on any atom is -0.229 e.